The summed E-state index contributed by atoms with van der Waals surface area (Å²) in [6.07, 6.45) is 8.80. The molecule has 1 aliphatic carbocycles. The van der Waals surface area contributed by atoms with Crippen LogP contribution < -0.4 is 4.74 Å². The number of aryl methyl sites for hydroxylation is 1. The van der Waals surface area contributed by atoms with Crippen LogP contribution in [0.3, 0.4) is 0 Å². The maximum Gasteiger partial charge on any atom is 0.137 e. The van der Waals surface area contributed by atoms with Crippen LogP contribution in [0, 0.1) is 18.8 Å². The molecule has 1 aromatic heterocycles. The Labute approximate surface area is 160 Å². The zero-order chi connectivity index (χ0) is 19.9. The quantitative estimate of drug-likeness (QED) is 0.648. The van der Waals surface area contributed by atoms with Gasteiger partial charge >= 0.3 is 0 Å². The van der Waals surface area contributed by atoms with Gasteiger partial charge in [0.05, 0.1) is 18.9 Å². The normalized spacial score (nSPS) is 18.0. The molecule has 26 heavy (non-hydrogen) atoms. The summed E-state index contributed by atoms with van der Waals surface area (Å²) in [5.74, 6) is 2.24. The van der Waals surface area contributed by atoms with Crippen LogP contribution in [0.5, 0.6) is 5.75 Å². The fourth-order valence-corrected chi connectivity index (χ4v) is 2.69. The van der Waals surface area contributed by atoms with E-state index in [0.717, 1.165) is 48.5 Å². The van der Waals surface area contributed by atoms with Gasteiger partial charge in [-0.05, 0) is 49.7 Å². The second-order valence-electron chi connectivity index (χ2n) is 7.10. The molecule has 4 heteroatoms. The van der Waals surface area contributed by atoms with E-state index >= 15 is 0 Å². The number of aromatic nitrogens is 1. The first kappa shape index (κ1) is 24.6. The molecule has 1 aromatic rings. The first-order valence-electron chi connectivity index (χ1n) is 10.2. The number of carbonyl (C=O) groups excluding carboxylic acids is 1. The number of rotatable bonds is 8. The van der Waals surface area contributed by atoms with Crippen molar-refractivity contribution in [3.63, 3.8) is 0 Å². The molecule has 1 aliphatic rings. The lowest BCUT2D eigenvalue weighted by atomic mass is 9.80. The van der Waals surface area contributed by atoms with Gasteiger partial charge in [-0.1, -0.05) is 47.5 Å². The number of aliphatic hydroxyl groups excluding tert-OH is 1. The minimum Gasteiger partial charge on any atom is -0.492 e. The average Bonchev–Trinajstić information content (AvgIpc) is 2.59. The van der Waals surface area contributed by atoms with Gasteiger partial charge in [-0.3, -0.25) is 4.98 Å². The van der Waals surface area contributed by atoms with E-state index in [4.69, 9.17) is 9.84 Å². The Hall–Kier alpha value is -1.42. The highest BCUT2D eigenvalue weighted by atomic mass is 16.5. The third kappa shape index (κ3) is 10.5. The number of aliphatic hydroxyl groups is 1. The van der Waals surface area contributed by atoms with Crippen LogP contribution in [0.4, 0.5) is 0 Å². The third-order valence-electron chi connectivity index (χ3n) is 4.34. The van der Waals surface area contributed by atoms with Crippen molar-refractivity contribution in [1.29, 1.82) is 0 Å². The van der Waals surface area contributed by atoms with E-state index < -0.39 is 0 Å². The highest BCUT2D eigenvalue weighted by Crippen LogP contribution is 2.30. The molecule has 0 atom stereocenters. The van der Waals surface area contributed by atoms with Gasteiger partial charge < -0.3 is 14.6 Å². The number of hydrogen-bond acceptors (Lipinski definition) is 4. The molecule has 4 nitrogen and oxygen atoms in total. The average molecular weight is 366 g/mol. The van der Waals surface area contributed by atoms with E-state index in [1.54, 1.807) is 6.20 Å². The summed E-state index contributed by atoms with van der Waals surface area (Å²) in [6, 6.07) is 1.90. The predicted octanol–water partition coefficient (Wildman–Crippen LogP) is 5.14. The van der Waals surface area contributed by atoms with E-state index in [2.05, 4.69) is 25.8 Å². The van der Waals surface area contributed by atoms with Gasteiger partial charge in [-0.15, -0.1) is 0 Å². The molecular weight excluding hydrogens is 326 g/mol. The van der Waals surface area contributed by atoms with E-state index in [-0.39, 0.29) is 6.10 Å². The topological polar surface area (TPSA) is 59.4 Å². The first-order valence-corrected chi connectivity index (χ1v) is 10.2. The predicted molar refractivity (Wildman–Crippen MR) is 109 cm³/mol. The fraction of sp³-hybridized carbons (Fsp3) is 0.727. The molecule has 1 N–H and O–H groups in total. The number of carbonyl (C=O) groups is 1. The third-order valence-corrected chi connectivity index (χ3v) is 4.34. The van der Waals surface area contributed by atoms with Gasteiger partial charge in [0.25, 0.3) is 0 Å². The lowest BCUT2D eigenvalue weighted by Crippen LogP contribution is -2.27. The van der Waals surface area contributed by atoms with Crippen LogP contribution >= 0.6 is 0 Å². The Bertz CT molecular complexity index is 480. The van der Waals surface area contributed by atoms with Crippen LogP contribution in [0.1, 0.15) is 78.0 Å². The molecule has 0 saturated heterocycles. The summed E-state index contributed by atoms with van der Waals surface area (Å²) >= 11 is 0. The highest BCUT2D eigenvalue weighted by molar-refractivity contribution is 5.56. The molecular formula is C22H39NO3. The SMILES string of the molecule is CC.CCCC1CC(O)C1.Cc1ncc(OCCC(C)C)cc1CC=O. The van der Waals surface area contributed by atoms with E-state index in [1.807, 2.05) is 26.8 Å². The van der Waals surface area contributed by atoms with E-state index in [0.29, 0.717) is 18.9 Å². The van der Waals surface area contributed by atoms with Crippen LogP contribution in [0.15, 0.2) is 12.3 Å². The summed E-state index contributed by atoms with van der Waals surface area (Å²) in [4.78, 5) is 14.7. The summed E-state index contributed by atoms with van der Waals surface area (Å²) < 4.78 is 5.58. The maximum absolute atomic E-state index is 10.5. The Morgan fingerprint density at radius 1 is 1.35 bits per heavy atom. The van der Waals surface area contributed by atoms with Crippen LogP contribution in [-0.4, -0.2) is 29.1 Å². The molecule has 1 fully saturated rings. The summed E-state index contributed by atoms with van der Waals surface area (Å²) in [5, 5.41) is 8.84. The summed E-state index contributed by atoms with van der Waals surface area (Å²) in [7, 11) is 0. The molecule has 0 spiro atoms. The van der Waals surface area contributed by atoms with Crippen molar-refractivity contribution in [2.45, 2.75) is 86.2 Å². The molecule has 1 heterocycles. The molecule has 0 amide bonds. The van der Waals surface area contributed by atoms with Crippen LogP contribution in [-0.2, 0) is 11.2 Å². The van der Waals surface area contributed by atoms with Gasteiger partial charge in [0.15, 0.2) is 0 Å². The smallest absolute Gasteiger partial charge is 0.137 e. The standard InChI is InChI=1S/C13H19NO2.C7H14O.C2H6/c1-10(2)5-7-16-13-8-12(4-6-15)11(3)14-9-13;1-2-3-6-4-7(8)5-6;1-2/h6,8-10H,4-5,7H2,1-3H3;6-8H,2-5H2,1H3;1-2H3. The number of nitrogens with zero attached hydrogens (tertiary/aromatic N) is 1. The van der Waals surface area contributed by atoms with Gasteiger partial charge in [-0.25, -0.2) is 0 Å². The Morgan fingerprint density at radius 3 is 2.50 bits per heavy atom. The molecule has 0 aliphatic heterocycles. The minimum absolute atomic E-state index is 0.0477. The molecule has 0 bridgehead atoms. The molecule has 1 saturated carbocycles. The molecule has 150 valence electrons. The molecule has 0 radical (unpaired) electrons. The Morgan fingerprint density at radius 2 is 2.00 bits per heavy atom. The van der Waals surface area contributed by atoms with E-state index in [1.165, 1.54) is 12.8 Å². The second kappa shape index (κ2) is 14.7. The monoisotopic (exact) mass is 365 g/mol. The van der Waals surface area contributed by atoms with Gasteiger partial charge in [0, 0.05) is 12.1 Å². The number of hydrogen-bond donors (Lipinski definition) is 1. The van der Waals surface area contributed by atoms with Crippen molar-refractivity contribution in [2.24, 2.45) is 11.8 Å². The molecule has 0 unspecified atom stereocenters. The van der Waals surface area contributed by atoms with Crippen molar-refractivity contribution in [3.8, 4) is 5.75 Å². The molecule has 0 aromatic carbocycles. The second-order valence-corrected chi connectivity index (χ2v) is 7.10. The zero-order valence-corrected chi connectivity index (χ0v) is 17.6. The van der Waals surface area contributed by atoms with Crippen molar-refractivity contribution in [1.82, 2.24) is 4.98 Å². The number of pyridine rings is 1. The largest absolute Gasteiger partial charge is 0.492 e. The van der Waals surface area contributed by atoms with E-state index in [9.17, 15) is 4.79 Å². The summed E-state index contributed by atoms with van der Waals surface area (Å²) in [6.45, 7) is 13.1. The van der Waals surface area contributed by atoms with Crippen molar-refractivity contribution in [3.05, 3.63) is 23.5 Å². The van der Waals surface area contributed by atoms with Crippen LogP contribution in [0.2, 0.25) is 0 Å². The zero-order valence-electron chi connectivity index (χ0n) is 17.6. The lowest BCUT2D eigenvalue weighted by molar-refractivity contribution is -0.107. The van der Waals surface area contributed by atoms with Gasteiger partial charge in [0.2, 0.25) is 0 Å². The Kier molecular flexibility index (Phi) is 13.9. The Balaban J connectivity index is 0.000000522. The van der Waals surface area contributed by atoms with Crippen molar-refractivity contribution in [2.75, 3.05) is 6.61 Å². The van der Waals surface area contributed by atoms with Crippen LogP contribution in [0.25, 0.3) is 0 Å². The number of aldehydes is 1. The van der Waals surface area contributed by atoms with Gasteiger partial charge in [-0.2, -0.15) is 0 Å². The van der Waals surface area contributed by atoms with Gasteiger partial charge in [0.1, 0.15) is 12.0 Å². The van der Waals surface area contributed by atoms with Crippen molar-refractivity contribution >= 4 is 6.29 Å². The summed E-state index contributed by atoms with van der Waals surface area (Å²) in [5.41, 5.74) is 1.83. The fourth-order valence-electron chi connectivity index (χ4n) is 2.69. The highest BCUT2D eigenvalue weighted by Gasteiger charge is 2.25. The lowest BCUT2D eigenvalue weighted by Gasteiger charge is -2.30. The minimum atomic E-state index is 0.0477. The number of ether oxygens (including phenoxy) is 1. The molecule has 2 rings (SSSR count). The maximum atomic E-state index is 10.5. The first-order chi connectivity index (χ1) is 12.5. The van der Waals surface area contributed by atoms with Crippen molar-refractivity contribution < 1.29 is 14.6 Å².